The predicted molar refractivity (Wildman–Crippen MR) is 83.6 cm³/mol. The Hall–Kier alpha value is -0.0100. The number of anilines is 1. The summed E-state index contributed by atoms with van der Waals surface area (Å²) in [6.07, 6.45) is 4.68. The molecule has 0 saturated heterocycles. The summed E-state index contributed by atoms with van der Waals surface area (Å²) in [5.74, 6) is 0. The van der Waals surface area contributed by atoms with Crippen molar-refractivity contribution in [2.24, 2.45) is 0 Å². The van der Waals surface area contributed by atoms with Gasteiger partial charge in [-0.1, -0.05) is 30.9 Å². The largest absolute Gasteiger partial charge is 0.282 e. The van der Waals surface area contributed by atoms with Gasteiger partial charge < -0.3 is 0 Å². The summed E-state index contributed by atoms with van der Waals surface area (Å²) in [6, 6.07) is 5.16. The second kappa shape index (κ2) is 5.96. The summed E-state index contributed by atoms with van der Waals surface area (Å²) < 4.78 is 28.0. The van der Waals surface area contributed by atoms with Gasteiger partial charge in [0.05, 0.1) is 10.9 Å². The van der Waals surface area contributed by atoms with Crippen LogP contribution in [0.15, 0.2) is 18.2 Å². The first-order chi connectivity index (χ1) is 8.49. The fourth-order valence-corrected chi connectivity index (χ4v) is 4.98. The zero-order valence-corrected chi connectivity index (χ0v) is 13.6. The van der Waals surface area contributed by atoms with Crippen molar-refractivity contribution in [3.8, 4) is 0 Å². The van der Waals surface area contributed by atoms with Crippen molar-refractivity contribution in [2.75, 3.05) is 4.72 Å². The van der Waals surface area contributed by atoms with E-state index in [1.807, 2.05) is 0 Å². The number of hydrogen-bond acceptors (Lipinski definition) is 2. The van der Waals surface area contributed by atoms with Gasteiger partial charge in [0.2, 0.25) is 10.0 Å². The van der Waals surface area contributed by atoms with Crippen LogP contribution < -0.4 is 4.72 Å². The van der Waals surface area contributed by atoms with Gasteiger partial charge in [0.25, 0.3) is 0 Å². The Bertz CT molecular complexity index is 527. The van der Waals surface area contributed by atoms with E-state index in [0.29, 0.717) is 10.7 Å². The van der Waals surface area contributed by atoms with Crippen molar-refractivity contribution in [2.45, 2.75) is 37.4 Å². The second-order valence-corrected chi connectivity index (χ2v) is 8.09. The molecule has 2 rings (SSSR count). The maximum Gasteiger partial charge on any atom is 0.235 e. The number of sulfonamides is 1. The van der Waals surface area contributed by atoms with Crippen LogP contribution in [0.4, 0.5) is 5.69 Å². The fourth-order valence-electron chi connectivity index (χ4n) is 2.18. The molecule has 1 fully saturated rings. The molecule has 0 atom stereocenters. The highest BCUT2D eigenvalue weighted by Crippen LogP contribution is 2.28. The Labute approximate surface area is 126 Å². The molecule has 0 amide bonds. The standard InChI is InChI=1S/C12H15ClINO2S/c13-9-6-7-12(11(14)8-9)15-18(16,17)10-4-2-1-3-5-10/h6-8,10,15H,1-5H2. The van der Waals surface area contributed by atoms with E-state index in [1.165, 1.54) is 0 Å². The zero-order valence-electron chi connectivity index (χ0n) is 9.83. The lowest BCUT2D eigenvalue weighted by Crippen LogP contribution is -2.29. The first-order valence-electron chi connectivity index (χ1n) is 5.96. The molecule has 0 aromatic heterocycles. The molecular weight excluding hydrogens is 385 g/mol. The minimum Gasteiger partial charge on any atom is -0.282 e. The third-order valence-electron chi connectivity index (χ3n) is 3.17. The molecule has 0 heterocycles. The maximum absolute atomic E-state index is 12.2. The molecule has 3 nitrogen and oxygen atoms in total. The van der Waals surface area contributed by atoms with Crippen LogP contribution in [0.1, 0.15) is 32.1 Å². The Kier molecular flexibility index (Phi) is 4.77. The van der Waals surface area contributed by atoms with Crippen LogP contribution in [-0.2, 0) is 10.0 Å². The van der Waals surface area contributed by atoms with Crippen LogP contribution in [-0.4, -0.2) is 13.7 Å². The Morgan fingerprint density at radius 1 is 1.22 bits per heavy atom. The number of benzene rings is 1. The molecule has 0 spiro atoms. The SMILES string of the molecule is O=S(=O)(Nc1ccc(Cl)cc1I)C1CCCCC1. The molecule has 0 unspecified atom stereocenters. The highest BCUT2D eigenvalue weighted by molar-refractivity contribution is 14.1. The second-order valence-electron chi connectivity index (χ2n) is 4.53. The van der Waals surface area contributed by atoms with E-state index >= 15 is 0 Å². The van der Waals surface area contributed by atoms with Crippen molar-refractivity contribution in [3.63, 3.8) is 0 Å². The average Bonchev–Trinajstić information content (AvgIpc) is 2.34. The molecule has 1 aromatic rings. The molecule has 1 aliphatic carbocycles. The van der Waals surface area contributed by atoms with E-state index in [4.69, 9.17) is 11.6 Å². The zero-order chi connectivity index (χ0) is 13.2. The lowest BCUT2D eigenvalue weighted by atomic mass is 10.0. The minimum absolute atomic E-state index is 0.252. The highest BCUT2D eigenvalue weighted by atomic mass is 127. The number of nitrogens with one attached hydrogen (secondary N) is 1. The monoisotopic (exact) mass is 399 g/mol. The average molecular weight is 400 g/mol. The van der Waals surface area contributed by atoms with Gasteiger partial charge in [0.1, 0.15) is 0 Å². The van der Waals surface area contributed by atoms with Crippen LogP contribution >= 0.6 is 34.2 Å². The number of halogens is 2. The topological polar surface area (TPSA) is 46.2 Å². The molecular formula is C12H15ClINO2S. The summed E-state index contributed by atoms with van der Waals surface area (Å²) >= 11 is 7.94. The Morgan fingerprint density at radius 2 is 1.89 bits per heavy atom. The van der Waals surface area contributed by atoms with E-state index in [2.05, 4.69) is 27.3 Å². The van der Waals surface area contributed by atoms with E-state index in [1.54, 1.807) is 18.2 Å². The summed E-state index contributed by atoms with van der Waals surface area (Å²) in [4.78, 5) is 0. The summed E-state index contributed by atoms with van der Waals surface area (Å²) in [5, 5.41) is 0.359. The summed E-state index contributed by atoms with van der Waals surface area (Å²) in [7, 11) is -3.27. The van der Waals surface area contributed by atoms with E-state index < -0.39 is 10.0 Å². The van der Waals surface area contributed by atoms with Crippen LogP contribution in [0, 0.1) is 3.57 Å². The van der Waals surface area contributed by atoms with Crippen molar-refractivity contribution >= 4 is 49.9 Å². The summed E-state index contributed by atoms with van der Waals surface area (Å²) in [5.41, 5.74) is 0.616. The molecule has 1 N–H and O–H groups in total. The molecule has 0 bridgehead atoms. The number of hydrogen-bond donors (Lipinski definition) is 1. The first kappa shape index (κ1) is 14.4. The van der Waals surface area contributed by atoms with Crippen molar-refractivity contribution in [3.05, 3.63) is 26.8 Å². The lowest BCUT2D eigenvalue weighted by molar-refractivity contribution is 0.486. The lowest BCUT2D eigenvalue weighted by Gasteiger charge is -2.22. The quantitative estimate of drug-likeness (QED) is 0.780. The molecule has 6 heteroatoms. The maximum atomic E-state index is 12.2. The third-order valence-corrected chi connectivity index (χ3v) is 6.16. The van der Waals surface area contributed by atoms with Crippen LogP contribution in [0.2, 0.25) is 5.02 Å². The molecule has 1 aliphatic rings. The van der Waals surface area contributed by atoms with Gasteiger partial charge >= 0.3 is 0 Å². The van der Waals surface area contributed by atoms with E-state index in [9.17, 15) is 8.42 Å². The van der Waals surface area contributed by atoms with Gasteiger partial charge in [-0.2, -0.15) is 0 Å². The normalized spacial score (nSPS) is 17.7. The molecule has 1 saturated carbocycles. The minimum atomic E-state index is -3.27. The van der Waals surface area contributed by atoms with Crippen LogP contribution in [0.3, 0.4) is 0 Å². The highest BCUT2D eigenvalue weighted by Gasteiger charge is 2.27. The van der Waals surface area contributed by atoms with Crippen LogP contribution in [0.25, 0.3) is 0 Å². The van der Waals surface area contributed by atoms with E-state index in [0.717, 1.165) is 35.7 Å². The van der Waals surface area contributed by atoms with E-state index in [-0.39, 0.29) is 5.25 Å². The van der Waals surface area contributed by atoms with Gasteiger partial charge in [0.15, 0.2) is 0 Å². The molecule has 100 valence electrons. The predicted octanol–water partition coefficient (Wildman–Crippen LogP) is 4.02. The van der Waals surface area contributed by atoms with Gasteiger partial charge in [0, 0.05) is 8.59 Å². The molecule has 0 radical (unpaired) electrons. The van der Waals surface area contributed by atoms with Gasteiger partial charge in [-0.15, -0.1) is 0 Å². The Balaban J connectivity index is 2.16. The molecule has 18 heavy (non-hydrogen) atoms. The van der Waals surface area contributed by atoms with Crippen LogP contribution in [0.5, 0.6) is 0 Å². The molecule has 0 aliphatic heterocycles. The third kappa shape index (κ3) is 3.51. The van der Waals surface area contributed by atoms with Gasteiger partial charge in [-0.25, -0.2) is 8.42 Å². The number of rotatable bonds is 3. The van der Waals surface area contributed by atoms with Crippen molar-refractivity contribution in [1.29, 1.82) is 0 Å². The Morgan fingerprint density at radius 3 is 2.50 bits per heavy atom. The molecule has 1 aromatic carbocycles. The van der Waals surface area contributed by atoms with Crippen molar-refractivity contribution in [1.82, 2.24) is 0 Å². The fraction of sp³-hybridized carbons (Fsp3) is 0.500. The summed E-state index contributed by atoms with van der Waals surface area (Å²) in [6.45, 7) is 0. The van der Waals surface area contributed by atoms with Crippen molar-refractivity contribution < 1.29 is 8.42 Å². The van der Waals surface area contributed by atoms with Gasteiger partial charge in [-0.3, -0.25) is 4.72 Å². The first-order valence-corrected chi connectivity index (χ1v) is 8.96. The smallest absolute Gasteiger partial charge is 0.235 e. The van der Waals surface area contributed by atoms with Gasteiger partial charge in [-0.05, 0) is 53.6 Å².